The first kappa shape index (κ1) is 18.2. The molecule has 1 heterocycles. The Kier molecular flexibility index (Phi) is 6.05. The van der Waals surface area contributed by atoms with Gasteiger partial charge < -0.3 is 9.64 Å². The highest BCUT2D eigenvalue weighted by molar-refractivity contribution is 6.68. The Morgan fingerprint density at radius 2 is 1.91 bits per heavy atom. The van der Waals surface area contributed by atoms with E-state index in [0.29, 0.717) is 26.3 Å². The van der Waals surface area contributed by atoms with E-state index in [9.17, 15) is 14.9 Å². The summed E-state index contributed by atoms with van der Waals surface area (Å²) >= 11 is 18.0. The third kappa shape index (κ3) is 4.68. The average Bonchev–Trinajstić information content (AvgIpc) is 2.52. The summed E-state index contributed by atoms with van der Waals surface area (Å²) in [6.07, 6.45) is -0.844. The van der Waals surface area contributed by atoms with E-state index < -0.39 is 20.8 Å². The summed E-state index contributed by atoms with van der Waals surface area (Å²) in [4.78, 5) is 23.7. The largest absolute Gasteiger partial charge is 0.370 e. The van der Waals surface area contributed by atoms with Crippen LogP contribution in [0.2, 0.25) is 0 Å². The van der Waals surface area contributed by atoms with E-state index >= 15 is 0 Å². The quantitative estimate of drug-likeness (QED) is 0.460. The molecule has 1 aromatic rings. The Morgan fingerprint density at radius 1 is 1.30 bits per heavy atom. The number of carbonyl (C=O) groups excluding carboxylic acids is 1. The number of rotatable bonds is 4. The number of nitro benzene ring substituents is 1. The molecule has 0 unspecified atom stereocenters. The second-order valence-corrected chi connectivity index (χ2v) is 7.36. The van der Waals surface area contributed by atoms with Gasteiger partial charge in [0, 0.05) is 6.07 Å². The lowest BCUT2D eigenvalue weighted by Crippen LogP contribution is -3.21. The van der Waals surface area contributed by atoms with Crippen LogP contribution in [0.1, 0.15) is 10.4 Å². The van der Waals surface area contributed by atoms with Gasteiger partial charge in [-0.2, -0.15) is 0 Å². The minimum absolute atomic E-state index is 0.0793. The van der Waals surface area contributed by atoms with Crippen LogP contribution in [-0.2, 0) is 4.74 Å². The Bertz CT molecular complexity index is 588. The number of hydrogen-bond donors (Lipinski definition) is 2. The summed E-state index contributed by atoms with van der Waals surface area (Å²) in [6, 6.07) is 5.63. The molecule has 2 N–H and O–H groups in total. The highest BCUT2D eigenvalue weighted by Crippen LogP contribution is 2.28. The van der Waals surface area contributed by atoms with Gasteiger partial charge >= 0.3 is 0 Å². The van der Waals surface area contributed by atoms with Crippen LogP contribution in [0.3, 0.4) is 0 Å². The zero-order valence-electron chi connectivity index (χ0n) is 11.9. The van der Waals surface area contributed by atoms with E-state index in [-0.39, 0.29) is 11.3 Å². The molecule has 0 aromatic heterocycles. The third-order valence-corrected chi connectivity index (χ3v) is 4.15. The average molecular weight is 384 g/mol. The van der Waals surface area contributed by atoms with Crippen LogP contribution < -0.4 is 10.2 Å². The van der Waals surface area contributed by atoms with E-state index in [4.69, 9.17) is 39.5 Å². The molecule has 0 saturated carbocycles. The maximum atomic E-state index is 12.4. The molecule has 0 bridgehead atoms. The van der Waals surface area contributed by atoms with Gasteiger partial charge in [-0.15, -0.1) is 0 Å². The number of nitrogens with zero attached hydrogens (tertiary/aromatic N) is 1. The van der Waals surface area contributed by atoms with Crippen molar-refractivity contribution in [2.45, 2.75) is 9.96 Å². The van der Waals surface area contributed by atoms with Gasteiger partial charge in [-0.25, -0.2) is 0 Å². The van der Waals surface area contributed by atoms with Gasteiger partial charge in [0.05, 0.1) is 18.1 Å². The van der Waals surface area contributed by atoms with Crippen molar-refractivity contribution in [2.75, 3.05) is 26.3 Å². The lowest BCUT2D eigenvalue weighted by molar-refractivity contribution is -0.934. The van der Waals surface area contributed by atoms with Crippen molar-refractivity contribution in [1.29, 1.82) is 0 Å². The van der Waals surface area contributed by atoms with Gasteiger partial charge in [-0.3, -0.25) is 20.2 Å². The number of morpholine rings is 1. The van der Waals surface area contributed by atoms with Crippen LogP contribution in [0.5, 0.6) is 0 Å². The summed E-state index contributed by atoms with van der Waals surface area (Å²) in [7, 11) is 0. The van der Waals surface area contributed by atoms with E-state index in [1.165, 1.54) is 24.3 Å². The minimum Gasteiger partial charge on any atom is -0.370 e. The first-order chi connectivity index (χ1) is 10.8. The van der Waals surface area contributed by atoms with Crippen molar-refractivity contribution in [2.24, 2.45) is 0 Å². The molecule has 23 heavy (non-hydrogen) atoms. The molecule has 1 fully saturated rings. The summed E-state index contributed by atoms with van der Waals surface area (Å²) in [6.45, 7) is 2.06. The van der Waals surface area contributed by atoms with Gasteiger partial charge in [0.2, 0.25) is 6.17 Å². The molecule has 1 saturated heterocycles. The lowest BCUT2D eigenvalue weighted by Gasteiger charge is -2.35. The maximum absolute atomic E-state index is 12.4. The fourth-order valence-corrected chi connectivity index (χ4v) is 3.00. The molecular formula is C13H15Cl3N3O4+. The molecule has 10 heteroatoms. The normalized spacial score (nSPS) is 17.5. The smallest absolute Gasteiger partial charge is 0.282 e. The molecule has 0 spiro atoms. The minimum atomic E-state index is -1.76. The molecular weight excluding hydrogens is 369 g/mol. The Labute approximate surface area is 147 Å². The predicted molar refractivity (Wildman–Crippen MR) is 86.2 cm³/mol. The standard InChI is InChI=1S/C13H14Cl3N3O4/c14-13(15,16)12(18-5-7-23-8-6-18)17-11(20)9-3-1-2-4-10(9)19(21)22/h1-4,12H,5-8H2,(H,17,20)/p+1/t12-/m1/s1. The molecule has 0 aliphatic carbocycles. The summed E-state index contributed by atoms with van der Waals surface area (Å²) < 4.78 is 3.49. The van der Waals surface area contributed by atoms with E-state index in [1.807, 2.05) is 0 Å². The predicted octanol–water partition coefficient (Wildman–Crippen LogP) is 0.936. The Balaban J connectivity index is 2.22. The summed E-state index contributed by atoms with van der Waals surface area (Å²) in [5.41, 5.74) is -0.380. The molecule has 7 nitrogen and oxygen atoms in total. The molecule has 2 rings (SSSR count). The fraction of sp³-hybridized carbons (Fsp3) is 0.462. The maximum Gasteiger partial charge on any atom is 0.282 e. The highest BCUT2D eigenvalue weighted by atomic mass is 35.6. The number of alkyl halides is 3. The first-order valence-corrected chi connectivity index (χ1v) is 7.97. The van der Waals surface area contributed by atoms with E-state index in [2.05, 4.69) is 5.32 Å². The van der Waals surface area contributed by atoms with Crippen molar-refractivity contribution in [3.8, 4) is 0 Å². The number of halogens is 3. The number of quaternary nitrogens is 1. The van der Waals surface area contributed by atoms with Gasteiger partial charge in [0.15, 0.2) is 0 Å². The number of nitro groups is 1. The van der Waals surface area contributed by atoms with Gasteiger partial charge in [-0.1, -0.05) is 46.9 Å². The highest BCUT2D eigenvalue weighted by Gasteiger charge is 2.43. The second-order valence-electron chi connectivity index (χ2n) is 4.99. The molecule has 0 radical (unpaired) electrons. The van der Waals surface area contributed by atoms with Crippen molar-refractivity contribution in [3.63, 3.8) is 0 Å². The Morgan fingerprint density at radius 3 is 2.48 bits per heavy atom. The second kappa shape index (κ2) is 7.63. The van der Waals surface area contributed by atoms with Crippen molar-refractivity contribution in [1.82, 2.24) is 5.32 Å². The van der Waals surface area contributed by atoms with Gasteiger partial charge in [0.1, 0.15) is 18.7 Å². The number of benzene rings is 1. The monoisotopic (exact) mass is 382 g/mol. The van der Waals surface area contributed by atoms with Crippen molar-refractivity contribution >= 4 is 46.4 Å². The van der Waals surface area contributed by atoms with Crippen molar-refractivity contribution < 1.29 is 19.4 Å². The zero-order chi connectivity index (χ0) is 17.0. The lowest BCUT2D eigenvalue weighted by atomic mass is 10.1. The molecule has 1 atom stereocenters. The number of para-hydroxylation sites is 1. The molecule has 1 aliphatic rings. The van der Waals surface area contributed by atoms with Gasteiger partial charge in [-0.05, 0) is 6.07 Å². The first-order valence-electron chi connectivity index (χ1n) is 6.84. The zero-order valence-corrected chi connectivity index (χ0v) is 14.2. The summed E-state index contributed by atoms with van der Waals surface area (Å²) in [5.74, 6) is -0.660. The number of carbonyl (C=O) groups is 1. The third-order valence-electron chi connectivity index (χ3n) is 3.49. The topological polar surface area (TPSA) is 85.9 Å². The van der Waals surface area contributed by atoms with Crippen LogP contribution in [0, 0.1) is 10.1 Å². The van der Waals surface area contributed by atoms with Crippen LogP contribution in [0.25, 0.3) is 0 Å². The Hall–Kier alpha value is -1.12. The van der Waals surface area contributed by atoms with Crippen LogP contribution in [0.15, 0.2) is 24.3 Å². The summed E-state index contributed by atoms with van der Waals surface area (Å²) in [5, 5.41) is 13.6. The van der Waals surface area contributed by atoms with Crippen LogP contribution in [-0.4, -0.2) is 47.1 Å². The molecule has 1 amide bonds. The molecule has 1 aromatic carbocycles. The fourth-order valence-electron chi connectivity index (χ4n) is 2.37. The van der Waals surface area contributed by atoms with Crippen LogP contribution >= 0.6 is 34.8 Å². The van der Waals surface area contributed by atoms with E-state index in [1.54, 1.807) is 0 Å². The molecule has 126 valence electrons. The van der Waals surface area contributed by atoms with E-state index in [0.717, 1.165) is 4.90 Å². The SMILES string of the molecule is O=C(N[C@H]([NH+]1CCOCC1)C(Cl)(Cl)Cl)c1ccccc1[N+](=O)[O-]. The number of ether oxygens (including phenoxy) is 1. The number of amides is 1. The van der Waals surface area contributed by atoms with Crippen molar-refractivity contribution in [3.05, 3.63) is 39.9 Å². The van der Waals surface area contributed by atoms with Gasteiger partial charge in [0.25, 0.3) is 15.4 Å². The molecule has 1 aliphatic heterocycles. The number of nitrogens with one attached hydrogen (secondary N) is 2. The number of hydrogen-bond acceptors (Lipinski definition) is 4. The van der Waals surface area contributed by atoms with Crippen LogP contribution in [0.4, 0.5) is 5.69 Å².